The van der Waals surface area contributed by atoms with Crippen LogP contribution in [0.5, 0.6) is 17.2 Å². The van der Waals surface area contributed by atoms with Crippen molar-refractivity contribution in [3.63, 3.8) is 0 Å². The van der Waals surface area contributed by atoms with Gasteiger partial charge < -0.3 is 48.8 Å². The highest BCUT2D eigenvalue weighted by molar-refractivity contribution is 6.28. The van der Waals surface area contributed by atoms with Crippen LogP contribution in [0.2, 0.25) is 6.82 Å². The van der Waals surface area contributed by atoms with Crippen molar-refractivity contribution >= 4 is 49.5 Å². The molecule has 3 rings (SSSR count). The highest BCUT2D eigenvalue weighted by atomic mass is 16.7. The minimum atomic E-state index is -1.30. The van der Waals surface area contributed by atoms with Crippen LogP contribution < -0.4 is 30.2 Å². The summed E-state index contributed by atoms with van der Waals surface area (Å²) >= 11 is 0. The molecule has 0 aliphatic carbocycles. The smallest absolute Gasteiger partial charge is 0.366 e. The minimum Gasteiger partial charge on any atom is -0.539 e. The number of hydroxylamine groups is 2. The van der Waals surface area contributed by atoms with E-state index >= 15 is 0 Å². The molecule has 342 valence electrons. The molecule has 1 heterocycles. The first-order valence-corrected chi connectivity index (χ1v) is 21.1. The molecule has 0 radical (unpaired) electrons. The number of hydrogen-bond donors (Lipinski definition) is 3. The zero-order valence-corrected chi connectivity index (χ0v) is 37.1. The third-order valence-corrected chi connectivity index (χ3v) is 9.75. The molecule has 2 aromatic carbocycles. The van der Waals surface area contributed by atoms with Crippen molar-refractivity contribution in [3.8, 4) is 28.6 Å². The second-order valence-corrected chi connectivity index (χ2v) is 14.1. The number of nitrogens with zero attached hydrogens (tertiary/aromatic N) is 1. The highest BCUT2D eigenvalue weighted by Gasteiger charge is 2.34. The molecule has 0 saturated heterocycles. The molecule has 3 N–H and O–H groups in total. The summed E-state index contributed by atoms with van der Waals surface area (Å²) in [5, 5.41) is 8.71. The van der Waals surface area contributed by atoms with E-state index < -0.39 is 60.1 Å². The standard InChI is InChI=1S/C44H59BN4O14/c1-8-12-14-15-30(34(10-3)49(27-50)63-43(55)32-19-17-29(57-6)24-37(32)58-7)40(52)46-26-47-42(54)36-21-20-35(61-36)28-16-18-31(38(23-28)59-11-4)41(53)48-33(44(56)62-45-5)25-39(51)60-22-13-9-2/h16-21,23-24,27,30,33-34,45H,8-15,22,25-26H2,1-7H3,(H,46,52)(H,47,54)(H,48,53)/t30-,33+,34-/m1/s1. The topological polar surface area (TPSA) is 227 Å². The molecule has 1 aromatic heterocycles. The van der Waals surface area contributed by atoms with Crippen LogP contribution in [0, 0.1) is 5.92 Å². The Hall–Kier alpha value is -6.53. The average Bonchev–Trinajstić information content (AvgIpc) is 3.79. The molecule has 0 unspecified atom stereocenters. The number of benzene rings is 2. The Kier molecular flexibility index (Phi) is 21.6. The van der Waals surface area contributed by atoms with Crippen molar-refractivity contribution in [2.75, 3.05) is 34.1 Å². The van der Waals surface area contributed by atoms with Crippen molar-refractivity contribution in [2.45, 2.75) is 98.0 Å². The lowest BCUT2D eigenvalue weighted by Gasteiger charge is -2.32. The maximum atomic E-state index is 13.7. The van der Waals surface area contributed by atoms with E-state index in [0.29, 0.717) is 37.0 Å². The van der Waals surface area contributed by atoms with Gasteiger partial charge in [0, 0.05) is 11.6 Å². The van der Waals surface area contributed by atoms with Gasteiger partial charge in [-0.15, -0.1) is 0 Å². The number of methoxy groups -OCH3 is 2. The number of carbonyl (C=O) groups is 7. The quantitative estimate of drug-likeness (QED) is 0.0214. The van der Waals surface area contributed by atoms with Crippen LogP contribution >= 0.6 is 0 Å². The lowest BCUT2D eigenvalue weighted by molar-refractivity contribution is -0.171. The summed E-state index contributed by atoms with van der Waals surface area (Å²) in [5.41, 5.74) is 0.570. The number of carbonyl (C=O) groups excluding carboxylic acids is 7. The number of hydrogen-bond acceptors (Lipinski definition) is 14. The van der Waals surface area contributed by atoms with E-state index in [1.807, 2.05) is 13.8 Å². The largest absolute Gasteiger partial charge is 0.539 e. The first kappa shape index (κ1) is 50.8. The van der Waals surface area contributed by atoms with Gasteiger partial charge in [0.25, 0.3) is 11.8 Å². The first-order valence-electron chi connectivity index (χ1n) is 21.1. The van der Waals surface area contributed by atoms with Crippen LogP contribution in [0.4, 0.5) is 0 Å². The van der Waals surface area contributed by atoms with E-state index in [-0.39, 0.29) is 67.9 Å². The third kappa shape index (κ3) is 15.1. The van der Waals surface area contributed by atoms with Crippen LogP contribution in [0.1, 0.15) is 110 Å². The fraction of sp³-hybridized carbons (Fsp3) is 0.477. The SMILES string of the molecule is CBOC(=O)[C@H](CC(=O)OCCCC)NC(=O)c1ccc(-c2ccc(C(=O)NCNC(=O)[C@H](CCCCC)[C@@H](CC)N(C=O)OC(=O)c3ccc(OC)cc3OC)o2)cc1OCC. The summed E-state index contributed by atoms with van der Waals surface area (Å²) in [6.07, 6.45) is 4.37. The van der Waals surface area contributed by atoms with Gasteiger partial charge in [0.2, 0.25) is 12.3 Å². The number of unbranched alkanes of at least 4 members (excludes halogenated alkanes) is 3. The molecule has 0 saturated carbocycles. The fourth-order valence-electron chi connectivity index (χ4n) is 6.44. The van der Waals surface area contributed by atoms with E-state index in [1.54, 1.807) is 38.9 Å². The monoisotopic (exact) mass is 878 g/mol. The molecule has 18 nitrogen and oxygen atoms in total. The molecule has 4 amide bonds. The van der Waals surface area contributed by atoms with Gasteiger partial charge in [-0.2, -0.15) is 5.06 Å². The summed E-state index contributed by atoms with van der Waals surface area (Å²) in [7, 11) is 2.88. The Morgan fingerprint density at radius 2 is 1.59 bits per heavy atom. The lowest BCUT2D eigenvalue weighted by Crippen LogP contribution is -2.49. The molecule has 0 fully saturated rings. The molecular formula is C44H59BN4O14. The van der Waals surface area contributed by atoms with Crippen LogP contribution in [0.15, 0.2) is 52.9 Å². The maximum Gasteiger partial charge on any atom is 0.366 e. The minimum absolute atomic E-state index is 0.0387. The van der Waals surface area contributed by atoms with Crippen LogP contribution in [0.25, 0.3) is 11.3 Å². The van der Waals surface area contributed by atoms with E-state index in [2.05, 4.69) is 16.0 Å². The van der Waals surface area contributed by atoms with Crippen molar-refractivity contribution in [1.82, 2.24) is 21.0 Å². The van der Waals surface area contributed by atoms with Crippen molar-refractivity contribution in [2.24, 2.45) is 5.92 Å². The van der Waals surface area contributed by atoms with Crippen LogP contribution in [-0.2, 0) is 33.4 Å². The molecule has 3 atom stereocenters. The molecule has 0 aliphatic rings. The summed E-state index contributed by atoms with van der Waals surface area (Å²) in [6.45, 7) is 9.13. The number of esters is 1. The normalized spacial score (nSPS) is 12.0. The third-order valence-electron chi connectivity index (χ3n) is 9.75. The first-order chi connectivity index (χ1) is 30.4. The van der Waals surface area contributed by atoms with E-state index in [0.717, 1.165) is 24.3 Å². The predicted molar refractivity (Wildman–Crippen MR) is 231 cm³/mol. The Morgan fingerprint density at radius 3 is 2.24 bits per heavy atom. The zero-order chi connectivity index (χ0) is 46.3. The van der Waals surface area contributed by atoms with Crippen LogP contribution in [0.3, 0.4) is 0 Å². The van der Waals surface area contributed by atoms with Gasteiger partial charge in [-0.1, -0.05) is 59.3 Å². The molecule has 0 spiro atoms. The van der Waals surface area contributed by atoms with Gasteiger partial charge in [0.1, 0.15) is 34.6 Å². The summed E-state index contributed by atoms with van der Waals surface area (Å²) < 4.78 is 32.4. The maximum absolute atomic E-state index is 13.7. The predicted octanol–water partition coefficient (Wildman–Crippen LogP) is 5.15. The molecule has 3 aromatic rings. The van der Waals surface area contributed by atoms with Crippen molar-refractivity contribution in [3.05, 3.63) is 65.4 Å². The van der Waals surface area contributed by atoms with Gasteiger partial charge in [0.05, 0.1) is 58.0 Å². The second-order valence-electron chi connectivity index (χ2n) is 14.1. The average molecular weight is 879 g/mol. The molecule has 0 bridgehead atoms. The molecule has 19 heteroatoms. The summed E-state index contributed by atoms with van der Waals surface area (Å²) in [4.78, 5) is 96.4. The Labute approximate surface area is 368 Å². The van der Waals surface area contributed by atoms with Gasteiger partial charge in [-0.25, -0.2) is 4.79 Å². The van der Waals surface area contributed by atoms with Gasteiger partial charge in [-0.3, -0.25) is 28.8 Å². The van der Waals surface area contributed by atoms with Crippen LogP contribution in [-0.4, -0.2) is 101 Å². The number of nitrogens with one attached hydrogen (secondary N) is 3. The molecule has 0 aliphatic heterocycles. The lowest BCUT2D eigenvalue weighted by atomic mass is 9.90. The number of rotatable bonds is 28. The Bertz CT molecular complexity index is 2010. The number of furan rings is 1. The van der Waals surface area contributed by atoms with Crippen molar-refractivity contribution < 1.29 is 66.4 Å². The van der Waals surface area contributed by atoms with E-state index in [1.165, 1.54) is 44.6 Å². The Morgan fingerprint density at radius 1 is 0.841 bits per heavy atom. The van der Waals surface area contributed by atoms with Crippen molar-refractivity contribution in [1.29, 1.82) is 0 Å². The zero-order valence-electron chi connectivity index (χ0n) is 37.1. The fourth-order valence-corrected chi connectivity index (χ4v) is 6.44. The summed E-state index contributed by atoms with van der Waals surface area (Å²) in [5.74, 6) is -4.00. The highest BCUT2D eigenvalue weighted by Crippen LogP contribution is 2.30. The second kappa shape index (κ2) is 26.7. The number of amides is 4. The van der Waals surface area contributed by atoms with E-state index in [9.17, 15) is 33.6 Å². The number of ether oxygens (including phenoxy) is 4. The Balaban J connectivity index is 1.71. The van der Waals surface area contributed by atoms with Gasteiger partial charge >= 0.3 is 25.4 Å². The van der Waals surface area contributed by atoms with Gasteiger partial charge in [-0.05, 0) is 62.6 Å². The van der Waals surface area contributed by atoms with Gasteiger partial charge in [0.15, 0.2) is 5.76 Å². The summed E-state index contributed by atoms with van der Waals surface area (Å²) in [6, 6.07) is 9.89. The van der Waals surface area contributed by atoms with E-state index in [4.69, 9.17) is 32.9 Å². The molecule has 63 heavy (non-hydrogen) atoms. The molecular weight excluding hydrogens is 819 g/mol.